The summed E-state index contributed by atoms with van der Waals surface area (Å²) in [4.78, 5) is 14.2. The minimum absolute atomic E-state index is 0.0394. The lowest BCUT2D eigenvalue weighted by Crippen LogP contribution is -2.28. The third kappa shape index (κ3) is 3.67. The number of hydrogen-bond donors (Lipinski definition) is 1. The van der Waals surface area contributed by atoms with E-state index in [4.69, 9.17) is 0 Å². The molecule has 2 aromatic heterocycles. The Balaban J connectivity index is 1.65. The molecule has 0 spiro atoms. The molecule has 0 saturated heterocycles. The molecule has 0 fully saturated rings. The van der Waals surface area contributed by atoms with E-state index in [-0.39, 0.29) is 11.9 Å². The normalized spacial score (nSPS) is 12.2. The number of nitrogens with one attached hydrogen (secondary N) is 1. The van der Waals surface area contributed by atoms with Crippen molar-refractivity contribution in [2.24, 2.45) is 0 Å². The number of carbonyl (C=O) groups excluding carboxylic acids is 1. The summed E-state index contributed by atoms with van der Waals surface area (Å²) in [6, 6.07) is 22.5. The van der Waals surface area contributed by atoms with E-state index in [0.717, 1.165) is 15.8 Å². The zero-order chi connectivity index (χ0) is 18.8. The summed E-state index contributed by atoms with van der Waals surface area (Å²) in [6.45, 7) is 4.80. The van der Waals surface area contributed by atoms with Crippen LogP contribution in [0.3, 0.4) is 0 Å². The van der Waals surface area contributed by atoms with E-state index in [9.17, 15) is 4.79 Å². The summed E-state index contributed by atoms with van der Waals surface area (Å²) in [7, 11) is 0. The maximum atomic E-state index is 13.0. The maximum absolute atomic E-state index is 13.0. The van der Waals surface area contributed by atoms with Crippen LogP contribution >= 0.6 is 11.3 Å². The van der Waals surface area contributed by atoms with Crippen LogP contribution in [0.2, 0.25) is 0 Å². The van der Waals surface area contributed by atoms with E-state index < -0.39 is 0 Å². The Kier molecular flexibility index (Phi) is 4.82. The molecule has 4 rings (SSSR count). The average Bonchev–Trinajstić information content (AvgIpc) is 3.25. The number of aromatic nitrogens is 1. The SMILES string of the molecule is Cc1cccc(Cn2c(C(=O)N[C@@H](C)c3ccccc3)cc3ccsc32)c1. The van der Waals surface area contributed by atoms with Crippen LogP contribution in [0, 0.1) is 6.92 Å². The predicted molar refractivity (Wildman–Crippen MR) is 112 cm³/mol. The first kappa shape index (κ1) is 17.6. The van der Waals surface area contributed by atoms with Crippen molar-refractivity contribution in [1.82, 2.24) is 9.88 Å². The molecule has 0 bridgehead atoms. The molecule has 1 N–H and O–H groups in total. The van der Waals surface area contributed by atoms with Gasteiger partial charge in [-0.2, -0.15) is 0 Å². The third-order valence-corrected chi connectivity index (χ3v) is 5.76. The van der Waals surface area contributed by atoms with Crippen LogP contribution in [-0.2, 0) is 6.54 Å². The molecule has 136 valence electrons. The summed E-state index contributed by atoms with van der Waals surface area (Å²) >= 11 is 1.67. The van der Waals surface area contributed by atoms with Crippen molar-refractivity contribution in [3.05, 3.63) is 94.5 Å². The van der Waals surface area contributed by atoms with Gasteiger partial charge in [0, 0.05) is 11.9 Å². The van der Waals surface area contributed by atoms with Crippen molar-refractivity contribution in [1.29, 1.82) is 0 Å². The molecule has 3 nitrogen and oxygen atoms in total. The molecule has 2 aromatic carbocycles. The van der Waals surface area contributed by atoms with Gasteiger partial charge in [0.2, 0.25) is 0 Å². The molecule has 0 aliphatic carbocycles. The van der Waals surface area contributed by atoms with E-state index in [1.54, 1.807) is 11.3 Å². The molecule has 0 aliphatic rings. The van der Waals surface area contributed by atoms with Crippen LogP contribution in [0.15, 0.2) is 72.1 Å². The van der Waals surface area contributed by atoms with Gasteiger partial charge in [-0.25, -0.2) is 0 Å². The number of rotatable bonds is 5. The number of fused-ring (bicyclic) bond motifs is 1. The average molecular weight is 375 g/mol. The van der Waals surface area contributed by atoms with Gasteiger partial charge in [-0.15, -0.1) is 11.3 Å². The lowest BCUT2D eigenvalue weighted by Gasteiger charge is -2.16. The van der Waals surface area contributed by atoms with E-state index >= 15 is 0 Å². The smallest absolute Gasteiger partial charge is 0.268 e. The zero-order valence-corrected chi connectivity index (χ0v) is 16.3. The maximum Gasteiger partial charge on any atom is 0.268 e. The molecule has 27 heavy (non-hydrogen) atoms. The highest BCUT2D eigenvalue weighted by molar-refractivity contribution is 7.16. The van der Waals surface area contributed by atoms with E-state index in [1.807, 2.05) is 43.3 Å². The monoisotopic (exact) mass is 374 g/mol. The molecular weight excluding hydrogens is 352 g/mol. The first-order valence-electron chi connectivity index (χ1n) is 9.10. The lowest BCUT2D eigenvalue weighted by atomic mass is 10.1. The van der Waals surface area contributed by atoms with Crippen LogP contribution < -0.4 is 5.32 Å². The van der Waals surface area contributed by atoms with Crippen LogP contribution in [0.25, 0.3) is 10.2 Å². The fourth-order valence-corrected chi connectivity index (χ4v) is 4.31. The Hall–Kier alpha value is -2.85. The minimum atomic E-state index is -0.0425. The van der Waals surface area contributed by atoms with E-state index in [1.165, 1.54) is 11.1 Å². The Bertz CT molecular complexity index is 1080. The molecule has 0 radical (unpaired) electrons. The van der Waals surface area contributed by atoms with Crippen molar-refractivity contribution in [2.75, 3.05) is 0 Å². The summed E-state index contributed by atoms with van der Waals surface area (Å²) in [5.41, 5.74) is 4.24. The van der Waals surface area contributed by atoms with Crippen LogP contribution in [-0.4, -0.2) is 10.5 Å². The van der Waals surface area contributed by atoms with Crippen molar-refractivity contribution >= 4 is 27.5 Å². The molecule has 2 heterocycles. The summed E-state index contributed by atoms with van der Waals surface area (Å²) in [6.07, 6.45) is 0. The van der Waals surface area contributed by atoms with Crippen LogP contribution in [0.4, 0.5) is 0 Å². The van der Waals surface area contributed by atoms with E-state index in [0.29, 0.717) is 12.2 Å². The summed E-state index contributed by atoms with van der Waals surface area (Å²) < 4.78 is 2.13. The standard InChI is InChI=1S/C23H22N2OS/c1-16-7-6-8-18(13-16)15-25-21(14-20-11-12-27-23(20)25)22(26)24-17(2)19-9-4-3-5-10-19/h3-14,17H,15H2,1-2H3,(H,24,26)/t17-/m0/s1. The highest BCUT2D eigenvalue weighted by Gasteiger charge is 2.19. The first-order chi connectivity index (χ1) is 13.1. The molecule has 0 unspecified atom stereocenters. The number of carbonyl (C=O) groups is 1. The predicted octanol–water partition coefficient (Wildman–Crippen LogP) is 5.55. The number of benzene rings is 2. The number of thiophene rings is 1. The van der Waals surface area contributed by atoms with Gasteiger partial charge in [0.1, 0.15) is 10.5 Å². The molecule has 0 aliphatic heterocycles. The Morgan fingerprint density at radius 1 is 1.07 bits per heavy atom. The van der Waals surface area contributed by atoms with Gasteiger partial charge >= 0.3 is 0 Å². The number of nitrogens with zero attached hydrogens (tertiary/aromatic N) is 1. The number of aryl methyl sites for hydroxylation is 1. The minimum Gasteiger partial charge on any atom is -0.344 e. The number of amides is 1. The van der Waals surface area contributed by atoms with E-state index in [2.05, 4.69) is 52.5 Å². The van der Waals surface area contributed by atoms with Gasteiger partial charge in [0.25, 0.3) is 5.91 Å². The van der Waals surface area contributed by atoms with Crippen molar-refractivity contribution in [2.45, 2.75) is 26.4 Å². The van der Waals surface area contributed by atoms with Crippen molar-refractivity contribution in [3.8, 4) is 0 Å². The number of hydrogen-bond acceptors (Lipinski definition) is 2. The Morgan fingerprint density at radius 3 is 2.67 bits per heavy atom. The molecule has 1 atom stereocenters. The van der Waals surface area contributed by atoms with Gasteiger partial charge in [0.05, 0.1) is 6.04 Å². The fourth-order valence-electron chi connectivity index (χ4n) is 3.41. The van der Waals surface area contributed by atoms with Gasteiger partial charge in [-0.3, -0.25) is 4.79 Å². The molecular formula is C23H22N2OS. The molecule has 1 amide bonds. The van der Waals surface area contributed by atoms with Crippen LogP contribution in [0.1, 0.15) is 40.1 Å². The van der Waals surface area contributed by atoms with Gasteiger partial charge in [-0.05, 0) is 42.5 Å². The van der Waals surface area contributed by atoms with Crippen LogP contribution in [0.5, 0.6) is 0 Å². The molecule has 4 aromatic rings. The van der Waals surface area contributed by atoms with Gasteiger partial charge in [0.15, 0.2) is 0 Å². The second-order valence-electron chi connectivity index (χ2n) is 6.89. The summed E-state index contributed by atoms with van der Waals surface area (Å²) in [5.74, 6) is -0.0394. The quantitative estimate of drug-likeness (QED) is 0.488. The first-order valence-corrected chi connectivity index (χ1v) is 9.98. The highest BCUT2D eigenvalue weighted by Crippen LogP contribution is 2.27. The summed E-state index contributed by atoms with van der Waals surface area (Å²) in [5, 5.41) is 6.34. The highest BCUT2D eigenvalue weighted by atomic mass is 32.1. The van der Waals surface area contributed by atoms with Crippen molar-refractivity contribution in [3.63, 3.8) is 0 Å². The Morgan fingerprint density at radius 2 is 1.89 bits per heavy atom. The second-order valence-corrected chi connectivity index (χ2v) is 7.79. The second kappa shape index (κ2) is 7.41. The zero-order valence-electron chi connectivity index (χ0n) is 15.5. The Labute approximate surface area is 163 Å². The van der Waals surface area contributed by atoms with Gasteiger partial charge in [-0.1, -0.05) is 60.2 Å². The molecule has 4 heteroatoms. The largest absolute Gasteiger partial charge is 0.344 e. The molecule has 0 saturated carbocycles. The lowest BCUT2D eigenvalue weighted by molar-refractivity contribution is 0.0931. The van der Waals surface area contributed by atoms with Crippen molar-refractivity contribution < 1.29 is 4.79 Å². The topological polar surface area (TPSA) is 34.0 Å². The van der Waals surface area contributed by atoms with Gasteiger partial charge < -0.3 is 9.88 Å². The fraction of sp³-hybridized carbons (Fsp3) is 0.174. The third-order valence-electron chi connectivity index (χ3n) is 4.81.